The van der Waals surface area contributed by atoms with Crippen LogP contribution in [0, 0.1) is 10.1 Å². The highest BCUT2D eigenvalue weighted by atomic mass is 35.5. The number of benzene rings is 2. The molecule has 6 nitrogen and oxygen atoms in total. The van der Waals surface area contributed by atoms with Gasteiger partial charge in [-0.2, -0.15) is 0 Å². The molecule has 2 aromatic rings. The SMILES string of the molecule is O=CC(c1ccc(NC(=O)CCc2ccccc2)cc1Cl)[N+](=O)[O-]. The number of anilines is 1. The number of carbonyl (C=O) groups is 2. The van der Waals surface area contributed by atoms with Crippen LogP contribution in [0.5, 0.6) is 0 Å². The Labute approximate surface area is 143 Å². The topological polar surface area (TPSA) is 89.3 Å². The third-order valence-electron chi connectivity index (χ3n) is 3.44. The van der Waals surface area contributed by atoms with Gasteiger partial charge in [0, 0.05) is 17.0 Å². The van der Waals surface area contributed by atoms with Gasteiger partial charge in [0.1, 0.15) is 0 Å². The molecule has 0 aliphatic heterocycles. The van der Waals surface area contributed by atoms with E-state index in [0.717, 1.165) is 5.56 Å². The standard InChI is InChI=1S/C17H15ClN2O4/c18-15-10-13(7-8-14(15)16(11-21)20(23)24)19-17(22)9-6-12-4-2-1-3-5-12/h1-5,7-8,10-11,16H,6,9H2,(H,19,22). The molecule has 0 saturated carbocycles. The summed E-state index contributed by atoms with van der Waals surface area (Å²) in [7, 11) is 0. The van der Waals surface area contributed by atoms with Crippen molar-refractivity contribution < 1.29 is 14.5 Å². The van der Waals surface area contributed by atoms with Gasteiger partial charge < -0.3 is 5.32 Å². The van der Waals surface area contributed by atoms with E-state index < -0.39 is 11.0 Å². The Morgan fingerprint density at radius 1 is 1.25 bits per heavy atom. The quantitative estimate of drug-likeness (QED) is 0.472. The highest BCUT2D eigenvalue weighted by molar-refractivity contribution is 6.31. The molecule has 0 bridgehead atoms. The molecule has 1 N–H and O–H groups in total. The fraction of sp³-hybridized carbons (Fsp3) is 0.176. The minimum atomic E-state index is -1.51. The minimum absolute atomic E-state index is 0.0599. The van der Waals surface area contributed by atoms with Crippen LogP contribution in [0.1, 0.15) is 23.6 Å². The van der Waals surface area contributed by atoms with Crippen molar-refractivity contribution in [1.29, 1.82) is 0 Å². The number of rotatable bonds is 7. The van der Waals surface area contributed by atoms with E-state index in [1.807, 2.05) is 30.3 Å². The van der Waals surface area contributed by atoms with E-state index in [1.54, 1.807) is 0 Å². The maximum Gasteiger partial charge on any atom is 0.293 e. The molecule has 1 amide bonds. The van der Waals surface area contributed by atoms with Gasteiger partial charge in [-0.25, -0.2) is 0 Å². The van der Waals surface area contributed by atoms with Crippen LogP contribution in [-0.4, -0.2) is 17.1 Å². The number of aryl methyl sites for hydroxylation is 1. The number of amides is 1. The lowest BCUT2D eigenvalue weighted by molar-refractivity contribution is -0.511. The summed E-state index contributed by atoms with van der Waals surface area (Å²) >= 11 is 5.99. The van der Waals surface area contributed by atoms with Gasteiger partial charge in [-0.15, -0.1) is 0 Å². The first-order valence-electron chi connectivity index (χ1n) is 7.23. The van der Waals surface area contributed by atoms with Gasteiger partial charge in [0.2, 0.25) is 5.91 Å². The van der Waals surface area contributed by atoms with Gasteiger partial charge in [0.05, 0.1) is 10.6 Å². The monoisotopic (exact) mass is 346 g/mol. The van der Waals surface area contributed by atoms with Crippen molar-refractivity contribution in [2.75, 3.05) is 5.32 Å². The average Bonchev–Trinajstić information content (AvgIpc) is 2.56. The molecular weight excluding hydrogens is 332 g/mol. The molecule has 7 heteroatoms. The van der Waals surface area contributed by atoms with Crippen LogP contribution >= 0.6 is 11.6 Å². The Kier molecular flexibility index (Phi) is 6.03. The van der Waals surface area contributed by atoms with Gasteiger partial charge in [0.25, 0.3) is 6.04 Å². The second-order valence-corrected chi connectivity index (χ2v) is 5.54. The van der Waals surface area contributed by atoms with E-state index in [4.69, 9.17) is 11.6 Å². The molecule has 2 rings (SSSR count). The van der Waals surface area contributed by atoms with Crippen LogP contribution in [0.2, 0.25) is 5.02 Å². The first-order valence-corrected chi connectivity index (χ1v) is 7.61. The van der Waals surface area contributed by atoms with E-state index in [2.05, 4.69) is 5.32 Å². The fourth-order valence-corrected chi connectivity index (χ4v) is 2.50. The molecule has 0 heterocycles. The fourth-order valence-electron chi connectivity index (χ4n) is 2.21. The van der Waals surface area contributed by atoms with E-state index in [0.29, 0.717) is 18.5 Å². The normalized spacial score (nSPS) is 11.5. The van der Waals surface area contributed by atoms with Crippen LogP contribution in [0.15, 0.2) is 48.5 Å². The Morgan fingerprint density at radius 2 is 1.96 bits per heavy atom. The Balaban J connectivity index is 2.00. The van der Waals surface area contributed by atoms with Crippen LogP contribution in [0.25, 0.3) is 0 Å². The van der Waals surface area contributed by atoms with E-state index in [9.17, 15) is 19.7 Å². The molecule has 2 aromatic carbocycles. The predicted octanol–water partition coefficient (Wildman–Crippen LogP) is 3.43. The largest absolute Gasteiger partial charge is 0.326 e. The Morgan fingerprint density at radius 3 is 2.54 bits per heavy atom. The Hall–Kier alpha value is -2.73. The van der Waals surface area contributed by atoms with Crippen molar-refractivity contribution in [1.82, 2.24) is 0 Å². The van der Waals surface area contributed by atoms with E-state index in [-0.39, 0.29) is 22.8 Å². The van der Waals surface area contributed by atoms with Crippen molar-refractivity contribution in [3.8, 4) is 0 Å². The van der Waals surface area contributed by atoms with Crippen molar-refractivity contribution in [3.05, 3.63) is 74.8 Å². The number of carbonyl (C=O) groups excluding carboxylic acids is 2. The maximum atomic E-state index is 12.0. The second kappa shape index (κ2) is 8.21. The highest BCUT2D eigenvalue weighted by Crippen LogP contribution is 2.27. The minimum Gasteiger partial charge on any atom is -0.326 e. The third-order valence-corrected chi connectivity index (χ3v) is 3.77. The second-order valence-electron chi connectivity index (χ2n) is 5.14. The van der Waals surface area contributed by atoms with Crippen molar-refractivity contribution in [2.24, 2.45) is 0 Å². The zero-order valence-corrected chi connectivity index (χ0v) is 13.4. The smallest absolute Gasteiger partial charge is 0.293 e. The number of nitrogens with zero attached hydrogens (tertiary/aromatic N) is 1. The number of hydrogen-bond acceptors (Lipinski definition) is 4. The first-order chi connectivity index (χ1) is 11.5. The number of nitro groups is 1. The molecule has 0 aromatic heterocycles. The zero-order valence-electron chi connectivity index (χ0n) is 12.6. The molecule has 124 valence electrons. The third kappa shape index (κ3) is 4.63. The molecule has 24 heavy (non-hydrogen) atoms. The van der Waals surface area contributed by atoms with Gasteiger partial charge in [-0.1, -0.05) is 41.9 Å². The summed E-state index contributed by atoms with van der Waals surface area (Å²) in [6.07, 6.45) is 1.13. The summed E-state index contributed by atoms with van der Waals surface area (Å²) in [5.74, 6) is -0.191. The van der Waals surface area contributed by atoms with E-state index in [1.165, 1.54) is 18.2 Å². The van der Waals surface area contributed by atoms with Gasteiger partial charge in [0.15, 0.2) is 6.29 Å². The molecule has 1 unspecified atom stereocenters. The molecule has 0 aliphatic carbocycles. The van der Waals surface area contributed by atoms with Crippen LogP contribution in [-0.2, 0) is 16.0 Å². The zero-order chi connectivity index (χ0) is 17.5. The van der Waals surface area contributed by atoms with Gasteiger partial charge in [-0.05, 0) is 30.2 Å². The first kappa shape index (κ1) is 17.6. The summed E-state index contributed by atoms with van der Waals surface area (Å²) < 4.78 is 0. The maximum absolute atomic E-state index is 12.0. The highest BCUT2D eigenvalue weighted by Gasteiger charge is 2.24. The van der Waals surface area contributed by atoms with Crippen LogP contribution < -0.4 is 5.32 Å². The number of nitrogens with one attached hydrogen (secondary N) is 1. The van der Waals surface area contributed by atoms with Gasteiger partial charge >= 0.3 is 0 Å². The molecule has 1 atom stereocenters. The van der Waals surface area contributed by atoms with Crippen LogP contribution in [0.4, 0.5) is 5.69 Å². The molecular formula is C17H15ClN2O4. The lowest BCUT2D eigenvalue weighted by Gasteiger charge is -2.09. The van der Waals surface area contributed by atoms with Gasteiger partial charge in [-0.3, -0.25) is 19.7 Å². The summed E-state index contributed by atoms with van der Waals surface area (Å²) in [5, 5.41) is 13.6. The molecule has 0 aliphatic rings. The lowest BCUT2D eigenvalue weighted by atomic mass is 10.1. The number of aldehydes is 1. The molecule has 0 saturated heterocycles. The molecule has 0 radical (unpaired) electrons. The summed E-state index contributed by atoms with van der Waals surface area (Å²) in [6, 6.07) is 12.3. The predicted molar refractivity (Wildman–Crippen MR) is 90.6 cm³/mol. The summed E-state index contributed by atoms with van der Waals surface area (Å²) in [6.45, 7) is 0. The average molecular weight is 347 g/mol. The molecule has 0 fully saturated rings. The molecule has 0 spiro atoms. The van der Waals surface area contributed by atoms with Crippen molar-refractivity contribution >= 4 is 29.5 Å². The van der Waals surface area contributed by atoms with Crippen molar-refractivity contribution in [3.63, 3.8) is 0 Å². The van der Waals surface area contributed by atoms with Crippen molar-refractivity contribution in [2.45, 2.75) is 18.9 Å². The Bertz CT molecular complexity index is 750. The van der Waals surface area contributed by atoms with Crippen LogP contribution in [0.3, 0.4) is 0 Å². The number of halogens is 1. The van der Waals surface area contributed by atoms with E-state index >= 15 is 0 Å². The lowest BCUT2D eigenvalue weighted by Crippen LogP contribution is -2.14. The summed E-state index contributed by atoms with van der Waals surface area (Å²) in [4.78, 5) is 32.9. The number of hydrogen-bond donors (Lipinski definition) is 1. The summed E-state index contributed by atoms with van der Waals surface area (Å²) in [5.41, 5.74) is 1.58.